The topological polar surface area (TPSA) is 30.5 Å². The van der Waals surface area contributed by atoms with Gasteiger partial charge in [0.05, 0.1) is 13.2 Å². The molecule has 0 aliphatic rings. The average molecular weight is 356 g/mol. The summed E-state index contributed by atoms with van der Waals surface area (Å²) >= 11 is 0. The van der Waals surface area contributed by atoms with Gasteiger partial charge in [-0.2, -0.15) is 0 Å². The lowest BCUT2D eigenvalue weighted by atomic mass is 10.1. The van der Waals surface area contributed by atoms with Gasteiger partial charge in [0.15, 0.2) is 0 Å². The standard InChI is InChI=1S/C23H33NO2/c1-4-6-13-25-22-12-11-21(23(16-22)26-14-7-5-2)18-24-17-20-10-8-9-19(3)15-20/h8-12,15-16,24H,4-7,13-14,17-18H2,1-3H3. The summed E-state index contributed by atoms with van der Waals surface area (Å²) in [4.78, 5) is 0. The molecule has 0 saturated carbocycles. The van der Waals surface area contributed by atoms with Crippen LogP contribution in [0.4, 0.5) is 0 Å². The number of hydrogen-bond donors (Lipinski definition) is 1. The Morgan fingerprint density at radius 3 is 2.35 bits per heavy atom. The second-order valence-electron chi connectivity index (χ2n) is 6.77. The van der Waals surface area contributed by atoms with E-state index in [-0.39, 0.29) is 0 Å². The minimum Gasteiger partial charge on any atom is -0.493 e. The highest BCUT2D eigenvalue weighted by molar-refractivity contribution is 5.41. The monoisotopic (exact) mass is 355 g/mol. The molecule has 26 heavy (non-hydrogen) atoms. The maximum Gasteiger partial charge on any atom is 0.127 e. The molecule has 142 valence electrons. The van der Waals surface area contributed by atoms with Gasteiger partial charge in [0.25, 0.3) is 0 Å². The molecule has 0 bridgehead atoms. The highest BCUT2D eigenvalue weighted by Gasteiger charge is 2.07. The number of aryl methyl sites for hydroxylation is 1. The normalized spacial score (nSPS) is 10.7. The molecule has 0 atom stereocenters. The van der Waals surface area contributed by atoms with Crippen LogP contribution in [0.15, 0.2) is 42.5 Å². The molecule has 0 aromatic heterocycles. The first-order valence-corrected chi connectivity index (χ1v) is 9.87. The van der Waals surface area contributed by atoms with Crippen LogP contribution in [-0.2, 0) is 13.1 Å². The molecule has 0 radical (unpaired) electrons. The van der Waals surface area contributed by atoms with Crippen molar-refractivity contribution in [1.29, 1.82) is 0 Å². The number of nitrogens with one attached hydrogen (secondary N) is 1. The molecule has 0 heterocycles. The molecule has 0 aliphatic heterocycles. The van der Waals surface area contributed by atoms with Crippen LogP contribution in [0.2, 0.25) is 0 Å². The number of benzene rings is 2. The molecule has 0 fully saturated rings. The van der Waals surface area contributed by atoms with Crippen molar-refractivity contribution < 1.29 is 9.47 Å². The number of ether oxygens (including phenoxy) is 2. The Labute approximate surface area is 158 Å². The van der Waals surface area contributed by atoms with E-state index in [2.05, 4.69) is 56.4 Å². The summed E-state index contributed by atoms with van der Waals surface area (Å²) in [5, 5.41) is 3.53. The lowest BCUT2D eigenvalue weighted by Crippen LogP contribution is -2.14. The van der Waals surface area contributed by atoms with E-state index >= 15 is 0 Å². The molecule has 2 aromatic rings. The summed E-state index contributed by atoms with van der Waals surface area (Å²) < 4.78 is 11.9. The second-order valence-corrected chi connectivity index (χ2v) is 6.77. The van der Waals surface area contributed by atoms with Crippen molar-refractivity contribution in [3.05, 3.63) is 59.2 Å². The van der Waals surface area contributed by atoms with Crippen molar-refractivity contribution in [3.8, 4) is 11.5 Å². The molecule has 2 aromatic carbocycles. The Morgan fingerprint density at radius 1 is 0.846 bits per heavy atom. The second kappa shape index (κ2) is 11.6. The Bertz CT molecular complexity index is 654. The fourth-order valence-corrected chi connectivity index (χ4v) is 2.73. The first-order chi connectivity index (χ1) is 12.7. The van der Waals surface area contributed by atoms with Crippen LogP contribution in [0.5, 0.6) is 11.5 Å². The van der Waals surface area contributed by atoms with Crippen LogP contribution in [0.1, 0.15) is 56.2 Å². The van der Waals surface area contributed by atoms with Gasteiger partial charge in [-0.15, -0.1) is 0 Å². The van der Waals surface area contributed by atoms with Crippen LogP contribution in [0.3, 0.4) is 0 Å². The quantitative estimate of drug-likeness (QED) is 0.500. The van der Waals surface area contributed by atoms with Gasteiger partial charge in [-0.1, -0.05) is 62.6 Å². The molecule has 2 rings (SSSR count). The SMILES string of the molecule is CCCCOc1ccc(CNCc2cccc(C)c2)c(OCCCC)c1. The minimum atomic E-state index is 0.750. The van der Waals surface area contributed by atoms with Gasteiger partial charge in [-0.25, -0.2) is 0 Å². The summed E-state index contributed by atoms with van der Waals surface area (Å²) in [5.41, 5.74) is 3.77. The van der Waals surface area contributed by atoms with E-state index in [1.807, 2.05) is 12.1 Å². The summed E-state index contributed by atoms with van der Waals surface area (Å²) in [6, 6.07) is 14.8. The molecule has 1 N–H and O–H groups in total. The third kappa shape index (κ3) is 7.09. The van der Waals surface area contributed by atoms with Crippen molar-refractivity contribution in [1.82, 2.24) is 5.32 Å². The zero-order valence-electron chi connectivity index (χ0n) is 16.5. The third-order valence-electron chi connectivity index (χ3n) is 4.29. The van der Waals surface area contributed by atoms with Gasteiger partial charge in [0.2, 0.25) is 0 Å². The van der Waals surface area contributed by atoms with Crippen LogP contribution in [0.25, 0.3) is 0 Å². The highest BCUT2D eigenvalue weighted by atomic mass is 16.5. The van der Waals surface area contributed by atoms with Crippen LogP contribution >= 0.6 is 0 Å². The highest BCUT2D eigenvalue weighted by Crippen LogP contribution is 2.26. The van der Waals surface area contributed by atoms with Crippen molar-refractivity contribution in [2.45, 2.75) is 59.5 Å². The Kier molecular flexibility index (Phi) is 9.05. The fraction of sp³-hybridized carbons (Fsp3) is 0.478. The van der Waals surface area contributed by atoms with Crippen LogP contribution in [-0.4, -0.2) is 13.2 Å². The predicted octanol–water partition coefficient (Wildman–Crippen LogP) is 5.64. The smallest absolute Gasteiger partial charge is 0.127 e. The van der Waals surface area contributed by atoms with E-state index in [0.29, 0.717) is 0 Å². The molecule has 0 spiro atoms. The number of rotatable bonds is 12. The first-order valence-electron chi connectivity index (χ1n) is 9.87. The summed E-state index contributed by atoms with van der Waals surface area (Å²) in [6.07, 6.45) is 4.41. The van der Waals surface area contributed by atoms with Crippen LogP contribution < -0.4 is 14.8 Å². The molecule has 3 heteroatoms. The van der Waals surface area contributed by atoms with E-state index in [4.69, 9.17) is 9.47 Å². The zero-order valence-corrected chi connectivity index (χ0v) is 16.5. The van der Waals surface area contributed by atoms with Gasteiger partial charge in [0, 0.05) is 24.7 Å². The summed E-state index contributed by atoms with van der Waals surface area (Å²) in [6.45, 7) is 9.62. The van der Waals surface area contributed by atoms with E-state index in [1.165, 1.54) is 16.7 Å². The molecule has 0 amide bonds. The molecular weight excluding hydrogens is 322 g/mol. The Balaban J connectivity index is 1.97. The molecule has 0 aliphatic carbocycles. The van der Waals surface area contributed by atoms with Gasteiger partial charge < -0.3 is 14.8 Å². The minimum absolute atomic E-state index is 0.750. The van der Waals surface area contributed by atoms with E-state index in [1.54, 1.807) is 0 Å². The maximum atomic E-state index is 6.03. The van der Waals surface area contributed by atoms with Crippen LogP contribution in [0, 0.1) is 6.92 Å². The summed E-state index contributed by atoms with van der Waals surface area (Å²) in [5.74, 6) is 1.83. The van der Waals surface area contributed by atoms with E-state index in [9.17, 15) is 0 Å². The number of unbranched alkanes of at least 4 members (excludes halogenated alkanes) is 2. The molecule has 0 saturated heterocycles. The summed E-state index contributed by atoms with van der Waals surface area (Å²) in [7, 11) is 0. The van der Waals surface area contributed by atoms with Gasteiger partial charge in [-0.05, 0) is 31.4 Å². The Hall–Kier alpha value is -2.00. The largest absolute Gasteiger partial charge is 0.493 e. The lowest BCUT2D eigenvalue weighted by Gasteiger charge is -2.15. The van der Waals surface area contributed by atoms with Crippen molar-refractivity contribution in [2.75, 3.05) is 13.2 Å². The Morgan fingerprint density at radius 2 is 1.62 bits per heavy atom. The van der Waals surface area contributed by atoms with E-state index < -0.39 is 0 Å². The zero-order chi connectivity index (χ0) is 18.6. The van der Waals surface area contributed by atoms with Gasteiger partial charge in [0.1, 0.15) is 11.5 Å². The van der Waals surface area contributed by atoms with E-state index in [0.717, 1.165) is 63.5 Å². The fourth-order valence-electron chi connectivity index (χ4n) is 2.73. The van der Waals surface area contributed by atoms with Gasteiger partial charge >= 0.3 is 0 Å². The first kappa shape index (κ1) is 20.3. The molecule has 0 unspecified atom stereocenters. The third-order valence-corrected chi connectivity index (χ3v) is 4.29. The maximum absolute atomic E-state index is 6.03. The lowest BCUT2D eigenvalue weighted by molar-refractivity contribution is 0.291. The average Bonchev–Trinajstić information content (AvgIpc) is 2.64. The number of hydrogen-bond acceptors (Lipinski definition) is 3. The van der Waals surface area contributed by atoms with Crippen molar-refractivity contribution in [2.24, 2.45) is 0 Å². The van der Waals surface area contributed by atoms with Crippen molar-refractivity contribution >= 4 is 0 Å². The predicted molar refractivity (Wildman–Crippen MR) is 109 cm³/mol. The molecule has 3 nitrogen and oxygen atoms in total. The molecular formula is C23H33NO2. The van der Waals surface area contributed by atoms with Crippen molar-refractivity contribution in [3.63, 3.8) is 0 Å². The van der Waals surface area contributed by atoms with Gasteiger partial charge in [-0.3, -0.25) is 0 Å².